The molecule has 4 heteroatoms. The quantitative estimate of drug-likeness (QED) is 0.907. The van der Waals surface area contributed by atoms with Crippen molar-refractivity contribution in [2.45, 2.75) is 37.1 Å². The molecule has 1 aliphatic carbocycles. The van der Waals surface area contributed by atoms with Crippen LogP contribution in [-0.4, -0.2) is 16.8 Å². The normalized spacial score (nSPS) is 18.8. The number of nitrogens with zero attached hydrogens (tertiary/aromatic N) is 2. The first-order valence-electron chi connectivity index (χ1n) is 7.59. The van der Waals surface area contributed by atoms with Gasteiger partial charge in [-0.05, 0) is 41.4 Å². The van der Waals surface area contributed by atoms with Gasteiger partial charge in [-0.3, -0.25) is 4.68 Å². The van der Waals surface area contributed by atoms with Crippen molar-refractivity contribution in [1.82, 2.24) is 15.1 Å². The summed E-state index contributed by atoms with van der Waals surface area (Å²) in [7, 11) is 4.09. The molecule has 3 nitrogen and oxygen atoms in total. The maximum Gasteiger partial charge on any atom is 0.0701 e. The summed E-state index contributed by atoms with van der Waals surface area (Å²) in [5, 5.41) is 7.99. The second-order valence-electron chi connectivity index (χ2n) is 5.95. The summed E-state index contributed by atoms with van der Waals surface area (Å²) >= 11 is 3.68. The Labute approximate surface area is 134 Å². The molecule has 1 aromatic heterocycles. The summed E-state index contributed by atoms with van der Waals surface area (Å²) in [5.74, 6) is 0. The molecular weight excluding hydrogens is 326 g/mol. The summed E-state index contributed by atoms with van der Waals surface area (Å²) in [5.41, 5.74) is 2.84. The van der Waals surface area contributed by atoms with Gasteiger partial charge in [-0.2, -0.15) is 5.10 Å². The fourth-order valence-corrected chi connectivity index (χ4v) is 4.52. The van der Waals surface area contributed by atoms with E-state index in [2.05, 4.69) is 63.7 Å². The van der Waals surface area contributed by atoms with E-state index in [1.807, 2.05) is 17.9 Å². The highest BCUT2D eigenvalue weighted by atomic mass is 79.9. The Morgan fingerprint density at radius 1 is 1.24 bits per heavy atom. The lowest BCUT2D eigenvalue weighted by atomic mass is 9.71. The average molecular weight is 348 g/mol. The fraction of sp³-hybridized carbons (Fsp3) is 0.471. The van der Waals surface area contributed by atoms with Crippen LogP contribution in [0.1, 0.15) is 43.0 Å². The van der Waals surface area contributed by atoms with Gasteiger partial charge in [0, 0.05) is 12.5 Å². The van der Waals surface area contributed by atoms with Gasteiger partial charge in [-0.25, -0.2) is 0 Å². The molecule has 3 rings (SSSR count). The van der Waals surface area contributed by atoms with E-state index in [0.717, 1.165) is 4.47 Å². The van der Waals surface area contributed by atoms with Crippen molar-refractivity contribution in [1.29, 1.82) is 0 Å². The molecule has 1 unspecified atom stereocenters. The van der Waals surface area contributed by atoms with Crippen molar-refractivity contribution < 1.29 is 0 Å². The molecule has 1 saturated carbocycles. The Kier molecular flexibility index (Phi) is 4.18. The van der Waals surface area contributed by atoms with Crippen molar-refractivity contribution in [3.8, 4) is 0 Å². The molecule has 1 aromatic carbocycles. The van der Waals surface area contributed by atoms with Gasteiger partial charge in [0.2, 0.25) is 0 Å². The van der Waals surface area contributed by atoms with Crippen LogP contribution in [0.5, 0.6) is 0 Å². The first-order valence-corrected chi connectivity index (χ1v) is 8.38. The predicted octanol–water partition coefficient (Wildman–Crippen LogP) is 3.96. The summed E-state index contributed by atoms with van der Waals surface area (Å²) in [6.07, 6.45) is 6.93. The topological polar surface area (TPSA) is 29.9 Å². The molecule has 1 aliphatic rings. The molecule has 1 atom stereocenters. The van der Waals surface area contributed by atoms with E-state index in [4.69, 9.17) is 0 Å². The standard InChI is InChI=1S/C17H22BrN3/c1-19-16(15-14(18)12-20-21(15)2)17(10-6-7-11-17)13-8-4-3-5-9-13/h3-5,8-9,12,16,19H,6-7,10-11H2,1-2H3. The summed E-state index contributed by atoms with van der Waals surface area (Å²) < 4.78 is 3.08. The zero-order valence-electron chi connectivity index (χ0n) is 12.6. The van der Waals surface area contributed by atoms with Crippen LogP contribution in [0, 0.1) is 0 Å². The van der Waals surface area contributed by atoms with E-state index < -0.39 is 0 Å². The van der Waals surface area contributed by atoms with E-state index in [1.165, 1.54) is 36.9 Å². The van der Waals surface area contributed by atoms with Crippen molar-refractivity contribution >= 4 is 15.9 Å². The van der Waals surface area contributed by atoms with Crippen LogP contribution >= 0.6 is 15.9 Å². The Balaban J connectivity index is 2.12. The van der Waals surface area contributed by atoms with Gasteiger partial charge in [0.05, 0.1) is 22.4 Å². The Morgan fingerprint density at radius 2 is 1.90 bits per heavy atom. The molecule has 1 heterocycles. The maximum absolute atomic E-state index is 4.41. The lowest BCUT2D eigenvalue weighted by Gasteiger charge is -2.38. The van der Waals surface area contributed by atoms with Crippen molar-refractivity contribution in [3.05, 3.63) is 52.3 Å². The van der Waals surface area contributed by atoms with Crippen LogP contribution in [0.25, 0.3) is 0 Å². The first kappa shape index (κ1) is 14.8. The van der Waals surface area contributed by atoms with Crippen molar-refractivity contribution in [2.75, 3.05) is 7.05 Å². The largest absolute Gasteiger partial charge is 0.311 e. The zero-order chi connectivity index (χ0) is 14.9. The molecule has 0 saturated heterocycles. The summed E-state index contributed by atoms with van der Waals surface area (Å²) in [6, 6.07) is 11.2. The monoisotopic (exact) mass is 347 g/mol. The molecule has 0 spiro atoms. The molecule has 0 aliphatic heterocycles. The highest BCUT2D eigenvalue weighted by molar-refractivity contribution is 9.10. The number of hydrogen-bond donors (Lipinski definition) is 1. The molecule has 2 aromatic rings. The average Bonchev–Trinajstić information content (AvgIpc) is 3.12. The molecule has 21 heavy (non-hydrogen) atoms. The predicted molar refractivity (Wildman–Crippen MR) is 89.3 cm³/mol. The van der Waals surface area contributed by atoms with Gasteiger partial charge in [0.25, 0.3) is 0 Å². The number of likely N-dealkylation sites (N-methyl/N-ethyl adjacent to an activating group) is 1. The van der Waals surface area contributed by atoms with Crippen molar-refractivity contribution in [2.24, 2.45) is 7.05 Å². The van der Waals surface area contributed by atoms with Crippen LogP contribution in [0.15, 0.2) is 41.0 Å². The minimum absolute atomic E-state index is 0.159. The maximum atomic E-state index is 4.41. The molecule has 0 radical (unpaired) electrons. The van der Waals surface area contributed by atoms with Gasteiger partial charge in [-0.1, -0.05) is 43.2 Å². The second-order valence-corrected chi connectivity index (χ2v) is 6.81. The van der Waals surface area contributed by atoms with E-state index in [9.17, 15) is 0 Å². The number of halogens is 1. The smallest absolute Gasteiger partial charge is 0.0701 e. The van der Waals surface area contributed by atoms with Crippen LogP contribution in [0.4, 0.5) is 0 Å². The van der Waals surface area contributed by atoms with Crippen LogP contribution in [0.3, 0.4) is 0 Å². The highest BCUT2D eigenvalue weighted by Gasteiger charge is 2.44. The molecule has 1 fully saturated rings. The number of rotatable bonds is 4. The van der Waals surface area contributed by atoms with E-state index in [1.54, 1.807) is 0 Å². The highest BCUT2D eigenvalue weighted by Crippen LogP contribution is 2.50. The van der Waals surface area contributed by atoms with Gasteiger partial charge in [-0.15, -0.1) is 0 Å². The van der Waals surface area contributed by atoms with Crippen LogP contribution in [-0.2, 0) is 12.5 Å². The third-order valence-electron chi connectivity index (χ3n) is 4.90. The Bertz CT molecular complexity index is 580. The SMILES string of the molecule is CNC(c1c(Br)cnn1C)C1(c2ccccc2)CCCC1. The van der Waals surface area contributed by atoms with Crippen LogP contribution in [0.2, 0.25) is 0 Å². The minimum atomic E-state index is 0.159. The summed E-state index contributed by atoms with van der Waals surface area (Å²) in [6.45, 7) is 0. The number of aryl methyl sites for hydroxylation is 1. The molecule has 112 valence electrons. The molecule has 0 amide bonds. The third-order valence-corrected chi connectivity index (χ3v) is 5.51. The molecule has 0 bridgehead atoms. The van der Waals surface area contributed by atoms with Gasteiger partial charge < -0.3 is 5.32 Å². The number of aromatic nitrogens is 2. The lowest BCUT2D eigenvalue weighted by Crippen LogP contribution is -2.39. The lowest BCUT2D eigenvalue weighted by molar-refractivity contribution is 0.301. The Morgan fingerprint density at radius 3 is 2.43 bits per heavy atom. The van der Waals surface area contributed by atoms with Gasteiger partial charge >= 0.3 is 0 Å². The van der Waals surface area contributed by atoms with E-state index in [0.29, 0.717) is 0 Å². The Hall–Kier alpha value is -1.13. The second kappa shape index (κ2) is 5.93. The van der Waals surface area contributed by atoms with E-state index >= 15 is 0 Å². The van der Waals surface area contributed by atoms with Gasteiger partial charge in [0.15, 0.2) is 0 Å². The fourth-order valence-electron chi connectivity index (χ4n) is 3.94. The first-order chi connectivity index (χ1) is 10.2. The zero-order valence-corrected chi connectivity index (χ0v) is 14.2. The van der Waals surface area contributed by atoms with Crippen LogP contribution < -0.4 is 5.32 Å². The molecule has 1 N–H and O–H groups in total. The molecular formula is C17H22BrN3. The number of nitrogens with one attached hydrogen (secondary N) is 1. The number of benzene rings is 1. The summed E-state index contributed by atoms with van der Waals surface area (Å²) in [4.78, 5) is 0. The number of hydrogen-bond acceptors (Lipinski definition) is 2. The minimum Gasteiger partial charge on any atom is -0.311 e. The third kappa shape index (κ3) is 2.44. The van der Waals surface area contributed by atoms with Gasteiger partial charge in [0.1, 0.15) is 0 Å². The van der Waals surface area contributed by atoms with E-state index in [-0.39, 0.29) is 11.5 Å². The van der Waals surface area contributed by atoms with Crippen molar-refractivity contribution in [3.63, 3.8) is 0 Å².